The Balaban J connectivity index is 2.72. The lowest BCUT2D eigenvalue weighted by molar-refractivity contribution is 0.0899. The largest absolute Gasteiger partial charge is 0.293 e. The number of unbranched alkanes of at least 4 members (excludes halogenated alkanes) is 2. The van der Waals surface area contributed by atoms with Crippen LogP contribution in [0.1, 0.15) is 50.4 Å². The second kappa shape index (κ2) is 8.10. The fourth-order valence-corrected chi connectivity index (χ4v) is 2.07. The molecule has 4 heteroatoms. The third kappa shape index (κ3) is 5.00. The van der Waals surface area contributed by atoms with Crippen LogP contribution in [0.5, 0.6) is 0 Å². The quantitative estimate of drug-likeness (QED) is 0.530. The molecule has 2 nitrogen and oxygen atoms in total. The highest BCUT2D eigenvalue weighted by Gasteiger charge is 2.18. The molecule has 0 aliphatic carbocycles. The number of hydrogen-bond donors (Lipinski definition) is 0. The van der Waals surface area contributed by atoms with Crippen molar-refractivity contribution in [1.29, 1.82) is 0 Å². The molecule has 1 rings (SSSR count). The van der Waals surface area contributed by atoms with Crippen LogP contribution in [0, 0.1) is 11.6 Å². The van der Waals surface area contributed by atoms with Crippen LogP contribution in [0.25, 0.3) is 0 Å². The molecule has 112 valence electrons. The molecule has 0 saturated carbocycles. The number of Topliss-reactive ketones (excluding diaryl/α,β-unsaturated/α-hetero) is 1. The number of nitrogens with zero attached hydrogens (tertiary/aromatic N) is 1. The zero-order valence-corrected chi connectivity index (χ0v) is 12.5. The molecule has 0 spiro atoms. The van der Waals surface area contributed by atoms with E-state index in [2.05, 4.69) is 6.92 Å². The molecule has 20 heavy (non-hydrogen) atoms. The minimum absolute atomic E-state index is 0.127. The standard InChI is InChI=1S/C16H23F2NO/c1-4-5-6-9-19(12(2)3)11-16(20)14-10-13(17)7-8-15(14)18/h7-8,10,12H,4-6,9,11H2,1-3H3. The monoisotopic (exact) mass is 283 g/mol. The van der Waals surface area contributed by atoms with Gasteiger partial charge in [-0.2, -0.15) is 0 Å². The van der Waals surface area contributed by atoms with Crippen LogP contribution >= 0.6 is 0 Å². The first kappa shape index (κ1) is 16.8. The number of benzene rings is 1. The van der Waals surface area contributed by atoms with Gasteiger partial charge in [-0.05, 0) is 45.0 Å². The number of carbonyl (C=O) groups excluding carboxylic acids is 1. The summed E-state index contributed by atoms with van der Waals surface area (Å²) >= 11 is 0. The molecule has 0 radical (unpaired) electrons. The van der Waals surface area contributed by atoms with Crippen molar-refractivity contribution in [2.45, 2.75) is 46.1 Å². The minimum Gasteiger partial charge on any atom is -0.293 e. The molecule has 0 unspecified atom stereocenters. The maximum atomic E-state index is 13.6. The summed E-state index contributed by atoms with van der Waals surface area (Å²) in [6, 6.07) is 3.20. The molecule has 0 aliphatic heterocycles. The Bertz CT molecular complexity index is 446. The SMILES string of the molecule is CCCCCN(CC(=O)c1cc(F)ccc1F)C(C)C. The normalized spacial score (nSPS) is 11.3. The van der Waals surface area contributed by atoms with E-state index < -0.39 is 11.6 Å². The Labute approximate surface area is 119 Å². The third-order valence-corrected chi connectivity index (χ3v) is 3.35. The molecular formula is C16H23F2NO. The summed E-state index contributed by atoms with van der Waals surface area (Å²) in [5, 5.41) is 0. The zero-order valence-electron chi connectivity index (χ0n) is 12.5. The van der Waals surface area contributed by atoms with Crippen molar-refractivity contribution in [3.05, 3.63) is 35.4 Å². The Kier molecular flexibility index (Phi) is 6.79. The van der Waals surface area contributed by atoms with Gasteiger partial charge in [0.25, 0.3) is 0 Å². The van der Waals surface area contributed by atoms with E-state index in [-0.39, 0.29) is 23.9 Å². The molecule has 0 aliphatic rings. The molecule has 0 fully saturated rings. The first-order valence-electron chi connectivity index (χ1n) is 7.18. The average molecular weight is 283 g/mol. The fraction of sp³-hybridized carbons (Fsp3) is 0.562. The van der Waals surface area contributed by atoms with Crippen LogP contribution in [0.15, 0.2) is 18.2 Å². The van der Waals surface area contributed by atoms with E-state index in [1.807, 2.05) is 18.7 Å². The van der Waals surface area contributed by atoms with Crippen molar-refractivity contribution >= 4 is 5.78 Å². The summed E-state index contributed by atoms with van der Waals surface area (Å²) in [5.41, 5.74) is -0.161. The van der Waals surface area contributed by atoms with Gasteiger partial charge in [0.15, 0.2) is 5.78 Å². The summed E-state index contributed by atoms with van der Waals surface area (Å²) in [5.74, 6) is -1.61. The molecule has 0 aromatic heterocycles. The van der Waals surface area contributed by atoms with E-state index in [0.29, 0.717) is 0 Å². The number of ketones is 1. The van der Waals surface area contributed by atoms with Crippen molar-refractivity contribution in [2.24, 2.45) is 0 Å². The first-order valence-corrected chi connectivity index (χ1v) is 7.18. The van der Waals surface area contributed by atoms with Crippen LogP contribution < -0.4 is 0 Å². The smallest absolute Gasteiger partial charge is 0.179 e. The van der Waals surface area contributed by atoms with Crippen molar-refractivity contribution in [3.8, 4) is 0 Å². The second-order valence-electron chi connectivity index (χ2n) is 5.32. The molecule has 1 aromatic rings. The Hall–Kier alpha value is -1.29. The van der Waals surface area contributed by atoms with E-state index in [1.54, 1.807) is 0 Å². The maximum absolute atomic E-state index is 13.6. The van der Waals surface area contributed by atoms with E-state index in [4.69, 9.17) is 0 Å². The summed E-state index contributed by atoms with van der Waals surface area (Å²) in [6.07, 6.45) is 3.22. The summed E-state index contributed by atoms with van der Waals surface area (Å²) in [4.78, 5) is 14.1. The number of carbonyl (C=O) groups is 1. The van der Waals surface area contributed by atoms with Crippen molar-refractivity contribution in [1.82, 2.24) is 4.90 Å². The van der Waals surface area contributed by atoms with E-state index in [9.17, 15) is 13.6 Å². The lowest BCUT2D eigenvalue weighted by atomic mass is 10.1. The van der Waals surface area contributed by atoms with Crippen LogP contribution in [-0.4, -0.2) is 29.8 Å². The minimum atomic E-state index is -0.659. The van der Waals surface area contributed by atoms with Gasteiger partial charge in [-0.15, -0.1) is 0 Å². The lowest BCUT2D eigenvalue weighted by Gasteiger charge is -2.25. The Morgan fingerprint density at radius 2 is 1.95 bits per heavy atom. The van der Waals surface area contributed by atoms with Crippen LogP contribution in [-0.2, 0) is 0 Å². The van der Waals surface area contributed by atoms with Gasteiger partial charge in [-0.1, -0.05) is 19.8 Å². The van der Waals surface area contributed by atoms with Gasteiger partial charge in [-0.3, -0.25) is 9.69 Å². The van der Waals surface area contributed by atoms with Crippen molar-refractivity contribution in [2.75, 3.05) is 13.1 Å². The highest BCUT2D eigenvalue weighted by atomic mass is 19.1. The molecular weight excluding hydrogens is 260 g/mol. The Morgan fingerprint density at radius 1 is 1.25 bits per heavy atom. The van der Waals surface area contributed by atoms with Gasteiger partial charge in [0.05, 0.1) is 12.1 Å². The topological polar surface area (TPSA) is 20.3 Å². The predicted molar refractivity (Wildman–Crippen MR) is 76.9 cm³/mol. The summed E-state index contributed by atoms with van der Waals surface area (Å²) in [7, 11) is 0. The first-order chi connectivity index (χ1) is 9.45. The molecule has 0 amide bonds. The summed E-state index contributed by atoms with van der Waals surface area (Å²) < 4.78 is 26.7. The van der Waals surface area contributed by atoms with Crippen molar-refractivity contribution < 1.29 is 13.6 Å². The van der Waals surface area contributed by atoms with Gasteiger partial charge < -0.3 is 0 Å². The van der Waals surface area contributed by atoms with Crippen molar-refractivity contribution in [3.63, 3.8) is 0 Å². The number of halogens is 2. The summed E-state index contributed by atoms with van der Waals surface area (Å²) in [6.45, 7) is 7.05. The highest BCUT2D eigenvalue weighted by Crippen LogP contribution is 2.12. The predicted octanol–water partition coefficient (Wildman–Crippen LogP) is 4.05. The maximum Gasteiger partial charge on any atom is 0.179 e. The van der Waals surface area contributed by atoms with E-state index >= 15 is 0 Å². The lowest BCUT2D eigenvalue weighted by Crippen LogP contribution is -2.36. The van der Waals surface area contributed by atoms with Crippen LogP contribution in [0.4, 0.5) is 8.78 Å². The fourth-order valence-electron chi connectivity index (χ4n) is 2.07. The second-order valence-corrected chi connectivity index (χ2v) is 5.32. The van der Waals surface area contributed by atoms with E-state index in [1.165, 1.54) is 0 Å². The van der Waals surface area contributed by atoms with Gasteiger partial charge >= 0.3 is 0 Å². The average Bonchev–Trinajstić information content (AvgIpc) is 2.40. The molecule has 0 saturated heterocycles. The molecule has 0 heterocycles. The third-order valence-electron chi connectivity index (χ3n) is 3.35. The van der Waals surface area contributed by atoms with Gasteiger partial charge in [0, 0.05) is 6.04 Å². The number of hydrogen-bond acceptors (Lipinski definition) is 2. The highest BCUT2D eigenvalue weighted by molar-refractivity contribution is 5.97. The zero-order chi connectivity index (χ0) is 15.1. The van der Waals surface area contributed by atoms with Crippen LogP contribution in [0.3, 0.4) is 0 Å². The van der Waals surface area contributed by atoms with Crippen LogP contribution in [0.2, 0.25) is 0 Å². The number of rotatable bonds is 8. The molecule has 0 atom stereocenters. The molecule has 1 aromatic carbocycles. The van der Waals surface area contributed by atoms with Gasteiger partial charge in [0.2, 0.25) is 0 Å². The van der Waals surface area contributed by atoms with E-state index in [0.717, 1.165) is 44.0 Å². The van der Waals surface area contributed by atoms with Gasteiger partial charge in [0.1, 0.15) is 11.6 Å². The molecule has 0 bridgehead atoms. The van der Waals surface area contributed by atoms with Gasteiger partial charge in [-0.25, -0.2) is 8.78 Å². The Morgan fingerprint density at radius 3 is 2.55 bits per heavy atom. The molecule has 0 N–H and O–H groups in total.